The predicted octanol–water partition coefficient (Wildman–Crippen LogP) is 5.95. The molecule has 0 atom stereocenters. The van der Waals surface area contributed by atoms with Gasteiger partial charge < -0.3 is 0 Å². The van der Waals surface area contributed by atoms with Crippen molar-refractivity contribution in [2.75, 3.05) is 0 Å². The van der Waals surface area contributed by atoms with Crippen LogP contribution in [0.1, 0.15) is 102 Å². The van der Waals surface area contributed by atoms with Crippen LogP contribution in [0, 0.1) is 0 Å². The zero-order chi connectivity index (χ0) is 22.0. The molecule has 4 aromatic rings. The van der Waals surface area contributed by atoms with Gasteiger partial charge >= 0.3 is 0 Å². The van der Waals surface area contributed by atoms with Gasteiger partial charge in [0, 0.05) is 47.6 Å². The molecule has 160 valence electrons. The molecule has 0 bridgehead atoms. The fourth-order valence-corrected chi connectivity index (χ4v) is 3.38. The minimum Gasteiger partial charge on any atom is -0.288 e. The molecule has 6 heteroatoms. The van der Waals surface area contributed by atoms with E-state index in [2.05, 4.69) is 96.3 Å². The van der Waals surface area contributed by atoms with Gasteiger partial charge in [0.1, 0.15) is 0 Å². The first kappa shape index (κ1) is 21.9. The van der Waals surface area contributed by atoms with Crippen LogP contribution in [0.2, 0.25) is 0 Å². The van der Waals surface area contributed by atoms with Crippen LogP contribution in [0.15, 0.2) is 36.9 Å². The SMILES string of the molecule is CC(C)c1cc(C(C)C)n2ccnc2n1.CC(C)c1cc(C(C)C)n2ccnc2n1. The summed E-state index contributed by atoms with van der Waals surface area (Å²) in [6.45, 7) is 17.4. The number of hydrogen-bond acceptors (Lipinski definition) is 4. The maximum Gasteiger partial charge on any atom is 0.234 e. The Morgan fingerprint density at radius 3 is 1.23 bits per heavy atom. The number of fused-ring (bicyclic) bond motifs is 2. The first-order valence-corrected chi connectivity index (χ1v) is 10.9. The van der Waals surface area contributed by atoms with Crippen LogP contribution in [0.5, 0.6) is 0 Å². The Kier molecular flexibility index (Phi) is 6.54. The Morgan fingerprint density at radius 1 is 0.567 bits per heavy atom. The van der Waals surface area contributed by atoms with E-state index in [1.165, 1.54) is 11.4 Å². The fourth-order valence-electron chi connectivity index (χ4n) is 3.38. The van der Waals surface area contributed by atoms with E-state index >= 15 is 0 Å². The molecule has 30 heavy (non-hydrogen) atoms. The lowest BCUT2D eigenvalue weighted by Crippen LogP contribution is -2.04. The Labute approximate surface area is 179 Å². The lowest BCUT2D eigenvalue weighted by molar-refractivity contribution is 0.758. The first-order valence-electron chi connectivity index (χ1n) is 10.9. The molecule has 0 unspecified atom stereocenters. The molecule has 0 saturated carbocycles. The molecule has 0 aromatic carbocycles. The number of hydrogen-bond donors (Lipinski definition) is 0. The largest absolute Gasteiger partial charge is 0.288 e. The molecule has 0 saturated heterocycles. The second kappa shape index (κ2) is 8.94. The van der Waals surface area contributed by atoms with E-state index in [0.717, 1.165) is 22.9 Å². The molecule has 0 aliphatic heterocycles. The summed E-state index contributed by atoms with van der Waals surface area (Å²) in [5.41, 5.74) is 4.80. The Morgan fingerprint density at radius 2 is 0.933 bits per heavy atom. The fraction of sp³-hybridized carbons (Fsp3) is 0.500. The molecular weight excluding hydrogens is 372 g/mol. The van der Waals surface area contributed by atoms with Crippen molar-refractivity contribution in [2.24, 2.45) is 0 Å². The molecule has 6 nitrogen and oxygen atoms in total. The van der Waals surface area contributed by atoms with E-state index in [1.54, 1.807) is 12.4 Å². The van der Waals surface area contributed by atoms with Crippen molar-refractivity contribution in [1.82, 2.24) is 28.7 Å². The minimum atomic E-state index is 0.448. The number of rotatable bonds is 4. The minimum absolute atomic E-state index is 0.448. The molecule has 4 rings (SSSR count). The van der Waals surface area contributed by atoms with E-state index in [-0.39, 0.29) is 0 Å². The van der Waals surface area contributed by atoms with E-state index < -0.39 is 0 Å². The second-order valence-electron chi connectivity index (χ2n) is 9.03. The number of nitrogens with zero attached hydrogens (tertiary/aromatic N) is 6. The van der Waals surface area contributed by atoms with E-state index in [4.69, 9.17) is 0 Å². The normalized spacial score (nSPS) is 11.9. The Bertz CT molecular complexity index is 1030. The third kappa shape index (κ3) is 4.53. The number of imidazole rings is 2. The van der Waals surface area contributed by atoms with Crippen LogP contribution in [-0.4, -0.2) is 28.7 Å². The number of aromatic nitrogens is 6. The highest BCUT2D eigenvalue weighted by Gasteiger charge is 2.12. The summed E-state index contributed by atoms with van der Waals surface area (Å²) >= 11 is 0. The van der Waals surface area contributed by atoms with Gasteiger partial charge in [-0.15, -0.1) is 0 Å². The summed E-state index contributed by atoms with van der Waals surface area (Å²) < 4.78 is 4.13. The van der Waals surface area contributed by atoms with Crippen LogP contribution in [0.25, 0.3) is 11.6 Å². The monoisotopic (exact) mass is 406 g/mol. The van der Waals surface area contributed by atoms with Crippen molar-refractivity contribution in [3.8, 4) is 0 Å². The van der Waals surface area contributed by atoms with Crippen LogP contribution < -0.4 is 0 Å². The quantitative estimate of drug-likeness (QED) is 0.420. The van der Waals surface area contributed by atoms with Gasteiger partial charge in [0.15, 0.2) is 0 Å². The predicted molar refractivity (Wildman–Crippen MR) is 122 cm³/mol. The van der Waals surface area contributed by atoms with Gasteiger partial charge in [0.2, 0.25) is 11.6 Å². The van der Waals surface area contributed by atoms with Gasteiger partial charge in [-0.2, -0.15) is 0 Å². The zero-order valence-corrected chi connectivity index (χ0v) is 19.5. The topological polar surface area (TPSA) is 60.4 Å². The van der Waals surface area contributed by atoms with Crippen molar-refractivity contribution in [3.63, 3.8) is 0 Å². The van der Waals surface area contributed by atoms with Crippen molar-refractivity contribution in [2.45, 2.75) is 79.1 Å². The zero-order valence-electron chi connectivity index (χ0n) is 19.5. The van der Waals surface area contributed by atoms with Crippen molar-refractivity contribution < 1.29 is 0 Å². The lowest BCUT2D eigenvalue weighted by Gasteiger charge is -2.12. The summed E-state index contributed by atoms with van der Waals surface area (Å²) in [6, 6.07) is 4.37. The van der Waals surface area contributed by atoms with E-state index in [1.807, 2.05) is 12.4 Å². The molecule has 0 fully saturated rings. The van der Waals surface area contributed by atoms with Gasteiger partial charge in [0.25, 0.3) is 0 Å². The van der Waals surface area contributed by atoms with Crippen LogP contribution >= 0.6 is 0 Å². The van der Waals surface area contributed by atoms with Gasteiger partial charge in [-0.3, -0.25) is 8.80 Å². The highest BCUT2D eigenvalue weighted by Crippen LogP contribution is 2.21. The first-order chi connectivity index (χ1) is 14.2. The van der Waals surface area contributed by atoms with Crippen LogP contribution in [-0.2, 0) is 0 Å². The van der Waals surface area contributed by atoms with Crippen molar-refractivity contribution in [1.29, 1.82) is 0 Å². The molecule has 0 spiro atoms. The summed E-state index contributed by atoms with van der Waals surface area (Å²) in [5, 5.41) is 0. The summed E-state index contributed by atoms with van der Waals surface area (Å²) in [7, 11) is 0. The highest BCUT2D eigenvalue weighted by atomic mass is 15.1. The van der Waals surface area contributed by atoms with Crippen molar-refractivity contribution in [3.05, 3.63) is 59.7 Å². The smallest absolute Gasteiger partial charge is 0.234 e. The standard InChI is InChI=1S/2C12H17N3/c2*1-8(2)10-7-11(9(3)4)15-6-5-13-12(15)14-10/h2*5-9H,1-4H3. The lowest BCUT2D eigenvalue weighted by atomic mass is 10.1. The average molecular weight is 407 g/mol. The summed E-state index contributed by atoms with van der Waals surface area (Å²) in [6.07, 6.45) is 7.56. The van der Waals surface area contributed by atoms with E-state index in [9.17, 15) is 0 Å². The maximum absolute atomic E-state index is 4.53. The Balaban J connectivity index is 0.000000171. The molecule has 4 aromatic heterocycles. The van der Waals surface area contributed by atoms with Crippen molar-refractivity contribution >= 4 is 11.6 Å². The van der Waals surface area contributed by atoms with Gasteiger partial charge in [-0.05, 0) is 35.8 Å². The summed E-state index contributed by atoms with van der Waals surface area (Å²) in [4.78, 5) is 17.6. The van der Waals surface area contributed by atoms with Gasteiger partial charge in [0.05, 0.1) is 0 Å². The molecule has 0 aliphatic rings. The van der Waals surface area contributed by atoms with E-state index in [0.29, 0.717) is 23.7 Å². The van der Waals surface area contributed by atoms with Crippen LogP contribution in [0.3, 0.4) is 0 Å². The average Bonchev–Trinajstić information content (AvgIpc) is 3.35. The van der Waals surface area contributed by atoms with Gasteiger partial charge in [-0.1, -0.05) is 55.4 Å². The molecular formula is C24H34N6. The third-order valence-electron chi connectivity index (χ3n) is 5.21. The summed E-state index contributed by atoms with van der Waals surface area (Å²) in [5.74, 6) is 3.49. The molecule has 0 radical (unpaired) electrons. The highest BCUT2D eigenvalue weighted by molar-refractivity contribution is 5.35. The van der Waals surface area contributed by atoms with Crippen LogP contribution in [0.4, 0.5) is 0 Å². The molecule has 4 heterocycles. The third-order valence-corrected chi connectivity index (χ3v) is 5.21. The molecule has 0 aliphatic carbocycles. The second-order valence-corrected chi connectivity index (χ2v) is 9.03. The molecule has 0 N–H and O–H groups in total. The maximum atomic E-state index is 4.53. The molecule has 0 amide bonds. The Hall–Kier alpha value is -2.76. The van der Waals surface area contributed by atoms with Gasteiger partial charge in [-0.25, -0.2) is 19.9 Å².